The second-order valence-corrected chi connectivity index (χ2v) is 22.4. The Labute approximate surface area is 426 Å². The molecule has 3 aliphatic heterocycles. The van der Waals surface area contributed by atoms with Gasteiger partial charge in [0.05, 0.1) is 26.3 Å². The van der Waals surface area contributed by atoms with Crippen LogP contribution >= 0.6 is 23.1 Å². The van der Waals surface area contributed by atoms with Gasteiger partial charge in [0.25, 0.3) is 11.8 Å². The predicted molar refractivity (Wildman–Crippen MR) is 272 cm³/mol. The topological polar surface area (TPSA) is 225 Å². The summed E-state index contributed by atoms with van der Waals surface area (Å²) in [5.41, 5.74) is 1.19. The highest BCUT2D eigenvalue weighted by molar-refractivity contribution is 8.00. The molecule has 4 heterocycles. The Morgan fingerprint density at radius 3 is 2.26 bits per heavy atom. The van der Waals surface area contributed by atoms with E-state index in [2.05, 4.69) is 27.8 Å². The van der Waals surface area contributed by atoms with Crippen molar-refractivity contribution in [1.82, 2.24) is 15.2 Å². The van der Waals surface area contributed by atoms with E-state index in [1.165, 1.54) is 42.0 Å². The number of ether oxygens (including phenoxy) is 4. The summed E-state index contributed by atoms with van der Waals surface area (Å²) < 4.78 is 22.6. The molecule has 3 aliphatic rings. The van der Waals surface area contributed by atoms with Gasteiger partial charge in [0, 0.05) is 23.1 Å². The van der Waals surface area contributed by atoms with Crippen molar-refractivity contribution >= 4 is 69.9 Å². The van der Waals surface area contributed by atoms with E-state index in [0.29, 0.717) is 34.5 Å². The molecular formula is C52H61N6O12S2+. The highest BCUT2D eigenvalue weighted by Gasteiger charge is 2.54. The van der Waals surface area contributed by atoms with Gasteiger partial charge in [-0.05, 0) is 95.9 Å². The number of phenols is 2. The molecule has 7 rings (SSSR count). The number of anilines is 1. The molecular weight excluding hydrogens is 965 g/mol. The van der Waals surface area contributed by atoms with Crippen molar-refractivity contribution < 1.29 is 62.5 Å². The van der Waals surface area contributed by atoms with Crippen molar-refractivity contribution in [3.8, 4) is 17.2 Å². The maximum Gasteiger partial charge on any atom is 0.413 e. The number of β-lactam (4-membered cyclic amide) rings is 1. The predicted octanol–water partition coefficient (Wildman–Crippen LogP) is 7.56. The fourth-order valence-corrected chi connectivity index (χ4v) is 9.98. The molecule has 0 radical (unpaired) electrons. The third-order valence-corrected chi connectivity index (χ3v) is 13.7. The van der Waals surface area contributed by atoms with Crippen molar-refractivity contribution in [2.45, 2.75) is 110 Å². The summed E-state index contributed by atoms with van der Waals surface area (Å²) in [6.45, 7) is 15.1. The third-order valence-electron chi connectivity index (χ3n) is 11.7. The molecule has 20 heteroatoms. The second-order valence-electron chi connectivity index (χ2n) is 20.4. The smallest absolute Gasteiger partial charge is 0.413 e. The van der Waals surface area contributed by atoms with Crippen LogP contribution in [-0.4, -0.2) is 115 Å². The van der Waals surface area contributed by atoms with Crippen LogP contribution < -0.4 is 15.4 Å². The number of aromatic nitrogens is 1. The molecule has 0 spiro atoms. The summed E-state index contributed by atoms with van der Waals surface area (Å²) in [7, 11) is 3.68. The molecule has 1 saturated heterocycles. The number of methoxy groups -OCH3 is 1. The molecule has 3 aromatic carbocycles. The van der Waals surface area contributed by atoms with Gasteiger partial charge in [-0.1, -0.05) is 59.8 Å². The molecule has 382 valence electrons. The average molecular weight is 1030 g/mol. The van der Waals surface area contributed by atoms with Crippen molar-refractivity contribution in [3.05, 3.63) is 117 Å². The number of thioether (sulfide) groups is 1. The molecule has 4 N–H and O–H groups in total. The molecule has 0 aliphatic carbocycles. The van der Waals surface area contributed by atoms with Crippen molar-refractivity contribution in [2.75, 3.05) is 31.8 Å². The summed E-state index contributed by atoms with van der Waals surface area (Å²) in [6.07, 6.45) is 3.64. The molecule has 4 aromatic rings. The Morgan fingerprint density at radius 1 is 0.917 bits per heavy atom. The number of thiazole rings is 1. The van der Waals surface area contributed by atoms with Crippen LogP contribution in [0.25, 0.3) is 6.08 Å². The van der Waals surface area contributed by atoms with Gasteiger partial charge in [0.15, 0.2) is 22.3 Å². The zero-order valence-electron chi connectivity index (χ0n) is 42.0. The number of fused-ring (bicyclic) bond motifs is 2. The van der Waals surface area contributed by atoms with E-state index in [1.807, 2.05) is 36.4 Å². The van der Waals surface area contributed by atoms with Gasteiger partial charge in [-0.15, -0.1) is 23.1 Å². The van der Waals surface area contributed by atoms with Crippen molar-refractivity contribution in [3.63, 3.8) is 0 Å². The average Bonchev–Trinajstić information content (AvgIpc) is 3.77. The number of esters is 2. The van der Waals surface area contributed by atoms with Crippen molar-refractivity contribution in [2.24, 2.45) is 5.16 Å². The lowest BCUT2D eigenvalue weighted by Crippen LogP contribution is -2.71. The van der Waals surface area contributed by atoms with Gasteiger partial charge < -0.3 is 43.8 Å². The fraction of sp³-hybridized carbons (Fsp3) is 0.404. The summed E-state index contributed by atoms with van der Waals surface area (Å²) in [6, 6.07) is 17.3. The number of oxime groups is 1. The number of likely N-dealkylation sites (N-methyl/N-ethyl adjacent to an activating group) is 1. The Hall–Kier alpha value is -6.90. The lowest BCUT2D eigenvalue weighted by Gasteiger charge is -2.49. The SMILES string of the molecule is COc1ccc(COC(=O)C2=C(/C=C/c3ccc(C[N+]4(C)CCc5ccc(O)c(O)c5C4)cc3)CS[C@@H]3[C@H](NC(=O)/C(=N\OC(C)(C)C(=O)OC(C)(C)C)c4csc(NC(=O)OC(C)(C)C)n4)C(=O)N23)cc1. The molecule has 1 unspecified atom stereocenters. The number of benzene rings is 3. The largest absolute Gasteiger partial charge is 0.504 e. The van der Waals surface area contributed by atoms with Crippen LogP contribution in [-0.2, 0) is 64.3 Å². The molecule has 0 bridgehead atoms. The first-order valence-electron chi connectivity index (χ1n) is 23.2. The first-order valence-corrected chi connectivity index (χ1v) is 25.1. The van der Waals surface area contributed by atoms with E-state index in [9.17, 15) is 34.2 Å². The molecule has 3 atom stereocenters. The van der Waals surface area contributed by atoms with Crippen molar-refractivity contribution in [1.29, 1.82) is 0 Å². The molecule has 1 aromatic heterocycles. The molecule has 3 amide bonds. The lowest BCUT2D eigenvalue weighted by molar-refractivity contribution is -0.937. The summed E-state index contributed by atoms with van der Waals surface area (Å²) in [5.74, 6) is -2.26. The molecule has 0 saturated carbocycles. The first kappa shape index (κ1) is 52.9. The minimum absolute atomic E-state index is 0.0291. The molecule has 1 fully saturated rings. The van der Waals surface area contributed by atoms with Gasteiger partial charge >= 0.3 is 18.0 Å². The Balaban J connectivity index is 1.12. The second kappa shape index (κ2) is 21.1. The van der Waals surface area contributed by atoms with E-state index in [-0.39, 0.29) is 40.4 Å². The maximum atomic E-state index is 14.3. The van der Waals surface area contributed by atoms with E-state index >= 15 is 0 Å². The Morgan fingerprint density at radius 2 is 1.60 bits per heavy atom. The number of phenolic OH excluding ortho intramolecular Hbond substituents is 2. The summed E-state index contributed by atoms with van der Waals surface area (Å²) in [4.78, 5) is 79.7. The third kappa shape index (κ3) is 12.8. The number of aromatic hydroxyl groups is 2. The molecule has 18 nitrogen and oxygen atoms in total. The maximum absolute atomic E-state index is 14.3. The minimum Gasteiger partial charge on any atom is -0.504 e. The monoisotopic (exact) mass is 1030 g/mol. The van der Waals surface area contributed by atoms with E-state index < -0.39 is 63.8 Å². The number of quaternary nitrogens is 1. The van der Waals surface area contributed by atoms with Gasteiger partial charge in [0.2, 0.25) is 5.60 Å². The van der Waals surface area contributed by atoms with Gasteiger partial charge in [-0.3, -0.25) is 19.8 Å². The van der Waals surface area contributed by atoms with Crippen LogP contribution in [0.1, 0.15) is 88.9 Å². The number of carbonyl (C=O) groups excluding carboxylic acids is 5. The number of hydrogen-bond acceptors (Lipinski definition) is 16. The van der Waals surface area contributed by atoms with Gasteiger partial charge in [0.1, 0.15) is 59.5 Å². The van der Waals surface area contributed by atoms with Gasteiger partial charge in [-0.25, -0.2) is 19.4 Å². The Kier molecular flexibility index (Phi) is 15.5. The highest BCUT2D eigenvalue weighted by atomic mass is 32.2. The van der Waals surface area contributed by atoms with E-state index in [4.69, 9.17) is 23.8 Å². The van der Waals surface area contributed by atoms with Crippen LogP contribution in [0.5, 0.6) is 17.2 Å². The number of rotatable bonds is 15. The lowest BCUT2D eigenvalue weighted by atomic mass is 9.96. The summed E-state index contributed by atoms with van der Waals surface area (Å²) >= 11 is 2.31. The number of nitrogens with zero attached hydrogens (tertiary/aromatic N) is 4. The zero-order chi connectivity index (χ0) is 52.3. The minimum atomic E-state index is -1.68. The quantitative estimate of drug-likeness (QED) is 0.0172. The number of hydrogen-bond donors (Lipinski definition) is 4. The summed E-state index contributed by atoms with van der Waals surface area (Å²) in [5, 5.41) is 30.9. The van der Waals surface area contributed by atoms with Crippen LogP contribution in [0.15, 0.2) is 88.5 Å². The standard InChI is InChI=1S/C52H60N6O12S2/c1-50(2,3)68-47(64)52(7,8)70-56-39(37-29-72-48(53-37)55-49(65)69-51(4,5)6)43(61)54-40-44(62)57-41(46(63)67-27-32-16-20-35(66-10)21-17-32)34(28-71-45(40)57)18-15-30-11-13-31(14-12-30)25-58(9)24-23-33-19-22-38(59)42(60)36(33)26-58/h11-22,29,40,45H,23-28H2,1-10H3,(H3-,53,54,55,56,59,60,61,65)/p+1/b18-15+/t40-,45-,58?/m1/s1. The number of carbonyl (C=O) groups is 5. The van der Waals surface area contributed by atoms with Crippen LogP contribution in [0.4, 0.5) is 9.93 Å². The number of nitrogens with one attached hydrogen (secondary N) is 2. The van der Waals surface area contributed by atoms with Crippen LogP contribution in [0, 0.1) is 0 Å². The zero-order valence-corrected chi connectivity index (χ0v) is 43.6. The van der Waals surface area contributed by atoms with Crippen LogP contribution in [0.3, 0.4) is 0 Å². The van der Waals surface area contributed by atoms with Gasteiger partial charge in [-0.2, -0.15) is 0 Å². The first-order chi connectivity index (χ1) is 33.8. The van der Waals surface area contributed by atoms with E-state index in [0.717, 1.165) is 46.6 Å². The number of amides is 3. The van der Waals surface area contributed by atoms with E-state index in [1.54, 1.807) is 79.0 Å². The molecule has 72 heavy (non-hydrogen) atoms. The fourth-order valence-electron chi connectivity index (χ4n) is 7.98. The number of allylic oxidation sites excluding steroid dienone is 1. The van der Waals surface area contributed by atoms with Crippen LogP contribution in [0.2, 0.25) is 0 Å². The normalized spacial score (nSPS) is 19.2. The highest BCUT2D eigenvalue weighted by Crippen LogP contribution is 2.42. The Bertz CT molecular complexity index is 2830.